The maximum atomic E-state index is 12.2. The van der Waals surface area contributed by atoms with Crippen LogP contribution >= 0.6 is 34.5 Å². The minimum Gasteiger partial charge on any atom is -0.492 e. The Morgan fingerprint density at radius 3 is 2.65 bits per heavy atom. The molecular formula is C24H20Cl2N2O2S. The molecule has 1 amide bonds. The van der Waals surface area contributed by atoms with Crippen molar-refractivity contribution in [1.29, 1.82) is 0 Å². The second-order valence-corrected chi connectivity index (χ2v) is 9.02. The van der Waals surface area contributed by atoms with E-state index in [-0.39, 0.29) is 5.91 Å². The van der Waals surface area contributed by atoms with Gasteiger partial charge in [0.15, 0.2) is 0 Å². The van der Waals surface area contributed by atoms with Crippen molar-refractivity contribution >= 4 is 56.3 Å². The third-order valence-electron chi connectivity index (χ3n) is 4.66. The standard InChI is InChI=1S/C24H20Cl2N2O2S/c1-15-4-10-20-22(13-15)31-24(28-20)16-5-8-18(9-6-16)27-23(29)3-2-12-30-21-11-7-17(25)14-19(21)26/h4-11,13-14H,2-3,12H2,1H3,(H,27,29). The molecule has 1 N–H and O–H groups in total. The zero-order valence-electron chi connectivity index (χ0n) is 16.8. The number of thiazole rings is 1. The van der Waals surface area contributed by atoms with Crippen LogP contribution in [0.3, 0.4) is 0 Å². The average Bonchev–Trinajstić information content (AvgIpc) is 3.16. The minimum atomic E-state index is -0.0611. The first-order chi connectivity index (χ1) is 15.0. The summed E-state index contributed by atoms with van der Waals surface area (Å²) < 4.78 is 6.79. The van der Waals surface area contributed by atoms with E-state index >= 15 is 0 Å². The lowest BCUT2D eigenvalue weighted by Gasteiger charge is -2.09. The van der Waals surface area contributed by atoms with Gasteiger partial charge in [-0.2, -0.15) is 0 Å². The van der Waals surface area contributed by atoms with E-state index in [1.165, 1.54) is 10.3 Å². The van der Waals surface area contributed by atoms with Crippen LogP contribution in [-0.4, -0.2) is 17.5 Å². The van der Waals surface area contributed by atoms with Crippen molar-refractivity contribution < 1.29 is 9.53 Å². The molecule has 0 unspecified atom stereocenters. The number of halogens is 2. The van der Waals surface area contributed by atoms with Crippen LogP contribution in [0.15, 0.2) is 60.7 Å². The van der Waals surface area contributed by atoms with Crippen molar-refractivity contribution in [3.63, 3.8) is 0 Å². The first-order valence-corrected chi connectivity index (χ1v) is 11.4. The van der Waals surface area contributed by atoms with E-state index < -0.39 is 0 Å². The summed E-state index contributed by atoms with van der Waals surface area (Å²) in [7, 11) is 0. The zero-order chi connectivity index (χ0) is 21.8. The number of hydrogen-bond donors (Lipinski definition) is 1. The lowest BCUT2D eigenvalue weighted by atomic mass is 10.2. The summed E-state index contributed by atoms with van der Waals surface area (Å²) in [6, 6.07) is 19.1. The number of nitrogens with zero attached hydrogens (tertiary/aromatic N) is 1. The molecule has 0 radical (unpaired) electrons. The molecule has 0 spiro atoms. The molecule has 158 valence electrons. The SMILES string of the molecule is Cc1ccc2nc(-c3ccc(NC(=O)CCCOc4ccc(Cl)cc4Cl)cc3)sc2c1. The van der Waals surface area contributed by atoms with Gasteiger partial charge in [0.1, 0.15) is 10.8 Å². The number of benzene rings is 3. The Kier molecular flexibility index (Phi) is 6.76. The number of carbonyl (C=O) groups excluding carboxylic acids is 1. The van der Waals surface area contributed by atoms with Crippen LogP contribution < -0.4 is 10.1 Å². The van der Waals surface area contributed by atoms with Crippen LogP contribution in [0, 0.1) is 6.92 Å². The van der Waals surface area contributed by atoms with Gasteiger partial charge < -0.3 is 10.1 Å². The number of amides is 1. The Morgan fingerprint density at radius 2 is 1.87 bits per heavy atom. The van der Waals surface area contributed by atoms with Crippen molar-refractivity contribution in [1.82, 2.24) is 4.98 Å². The molecule has 0 aliphatic heterocycles. The van der Waals surface area contributed by atoms with Crippen molar-refractivity contribution in [2.24, 2.45) is 0 Å². The zero-order valence-corrected chi connectivity index (χ0v) is 19.2. The summed E-state index contributed by atoms with van der Waals surface area (Å²) in [5, 5.41) is 4.90. The number of aromatic nitrogens is 1. The Labute approximate surface area is 194 Å². The van der Waals surface area contributed by atoms with Crippen LogP contribution in [0.25, 0.3) is 20.8 Å². The van der Waals surface area contributed by atoms with Gasteiger partial charge in [-0.05, 0) is 73.5 Å². The number of aryl methyl sites for hydroxylation is 1. The number of nitrogens with one attached hydrogen (secondary N) is 1. The Hall–Kier alpha value is -2.60. The van der Waals surface area contributed by atoms with Crippen LogP contribution in [0.4, 0.5) is 5.69 Å². The van der Waals surface area contributed by atoms with Gasteiger partial charge in [-0.15, -0.1) is 11.3 Å². The predicted octanol–water partition coefficient (Wildman–Crippen LogP) is 7.38. The molecule has 4 nitrogen and oxygen atoms in total. The maximum absolute atomic E-state index is 12.2. The largest absolute Gasteiger partial charge is 0.492 e. The lowest BCUT2D eigenvalue weighted by Crippen LogP contribution is -2.12. The Morgan fingerprint density at radius 1 is 1.06 bits per heavy atom. The van der Waals surface area contributed by atoms with Gasteiger partial charge in [0.2, 0.25) is 5.91 Å². The molecule has 0 atom stereocenters. The van der Waals surface area contributed by atoms with Gasteiger partial charge in [-0.3, -0.25) is 4.79 Å². The van der Waals surface area contributed by atoms with E-state index in [1.807, 2.05) is 30.3 Å². The number of fused-ring (bicyclic) bond motifs is 1. The molecule has 0 aliphatic carbocycles. The van der Waals surface area contributed by atoms with Gasteiger partial charge in [0, 0.05) is 22.7 Å². The summed E-state index contributed by atoms with van der Waals surface area (Å²) in [5.74, 6) is 0.501. The van der Waals surface area contributed by atoms with Crippen LogP contribution in [0.5, 0.6) is 5.75 Å². The third-order valence-corrected chi connectivity index (χ3v) is 6.26. The monoisotopic (exact) mass is 470 g/mol. The van der Waals surface area contributed by atoms with Gasteiger partial charge in [0.05, 0.1) is 21.8 Å². The molecule has 3 aromatic carbocycles. The topological polar surface area (TPSA) is 51.2 Å². The molecule has 7 heteroatoms. The van der Waals surface area contributed by atoms with Crippen LogP contribution in [-0.2, 0) is 4.79 Å². The number of anilines is 1. The van der Waals surface area contributed by atoms with E-state index in [4.69, 9.17) is 32.9 Å². The highest BCUT2D eigenvalue weighted by Crippen LogP contribution is 2.31. The second-order valence-electron chi connectivity index (χ2n) is 7.14. The normalized spacial score (nSPS) is 10.9. The molecule has 0 aliphatic rings. The van der Waals surface area contributed by atoms with Gasteiger partial charge in [-0.25, -0.2) is 4.98 Å². The quantitative estimate of drug-likeness (QED) is 0.286. The van der Waals surface area contributed by atoms with E-state index in [0.29, 0.717) is 35.2 Å². The van der Waals surface area contributed by atoms with Gasteiger partial charge in [0.25, 0.3) is 0 Å². The van der Waals surface area contributed by atoms with Crippen LogP contribution in [0.1, 0.15) is 18.4 Å². The number of hydrogen-bond acceptors (Lipinski definition) is 4. The fourth-order valence-electron chi connectivity index (χ4n) is 3.08. The highest BCUT2D eigenvalue weighted by molar-refractivity contribution is 7.21. The van der Waals surface area contributed by atoms with Gasteiger partial charge >= 0.3 is 0 Å². The highest BCUT2D eigenvalue weighted by Gasteiger charge is 2.08. The minimum absolute atomic E-state index is 0.0611. The van der Waals surface area contributed by atoms with E-state index in [2.05, 4.69) is 24.4 Å². The van der Waals surface area contributed by atoms with Gasteiger partial charge in [-0.1, -0.05) is 29.3 Å². The summed E-state index contributed by atoms with van der Waals surface area (Å²) in [6.45, 7) is 2.47. The summed E-state index contributed by atoms with van der Waals surface area (Å²) >= 11 is 13.6. The van der Waals surface area contributed by atoms with Crippen LogP contribution in [0.2, 0.25) is 10.0 Å². The molecule has 4 aromatic rings. The smallest absolute Gasteiger partial charge is 0.224 e. The van der Waals surface area contributed by atoms with Crippen molar-refractivity contribution in [3.8, 4) is 16.3 Å². The summed E-state index contributed by atoms with van der Waals surface area (Å²) in [4.78, 5) is 16.9. The molecule has 0 saturated heterocycles. The number of ether oxygens (including phenoxy) is 1. The Balaban J connectivity index is 1.28. The van der Waals surface area contributed by atoms with Crippen molar-refractivity contribution in [2.75, 3.05) is 11.9 Å². The fraction of sp³-hybridized carbons (Fsp3) is 0.167. The number of rotatable bonds is 7. The number of carbonyl (C=O) groups is 1. The summed E-state index contributed by atoms with van der Waals surface area (Å²) in [5.41, 5.74) is 4.02. The molecule has 4 rings (SSSR count). The third kappa shape index (κ3) is 5.56. The van der Waals surface area contributed by atoms with Crippen molar-refractivity contribution in [2.45, 2.75) is 19.8 Å². The molecular weight excluding hydrogens is 451 g/mol. The molecule has 0 bridgehead atoms. The maximum Gasteiger partial charge on any atom is 0.224 e. The lowest BCUT2D eigenvalue weighted by molar-refractivity contribution is -0.116. The fourth-order valence-corrected chi connectivity index (χ4v) is 4.61. The predicted molar refractivity (Wildman–Crippen MR) is 130 cm³/mol. The second kappa shape index (κ2) is 9.69. The average molecular weight is 471 g/mol. The first-order valence-electron chi connectivity index (χ1n) is 9.83. The summed E-state index contributed by atoms with van der Waals surface area (Å²) in [6.07, 6.45) is 0.929. The van der Waals surface area contributed by atoms with E-state index in [9.17, 15) is 4.79 Å². The van der Waals surface area contributed by atoms with E-state index in [1.54, 1.807) is 29.5 Å². The van der Waals surface area contributed by atoms with E-state index in [0.717, 1.165) is 21.8 Å². The van der Waals surface area contributed by atoms with Crippen molar-refractivity contribution in [3.05, 3.63) is 76.3 Å². The molecule has 0 fully saturated rings. The first kappa shape index (κ1) is 21.6. The molecule has 1 aromatic heterocycles. The molecule has 1 heterocycles. The molecule has 0 saturated carbocycles. The molecule has 31 heavy (non-hydrogen) atoms. The Bertz CT molecular complexity index is 1220. The highest BCUT2D eigenvalue weighted by atomic mass is 35.5.